The maximum Gasteiger partial charge on any atom is 0.338 e. The van der Waals surface area contributed by atoms with Crippen LogP contribution in [0.25, 0.3) is 0 Å². The van der Waals surface area contributed by atoms with Crippen LogP contribution in [0.3, 0.4) is 0 Å². The summed E-state index contributed by atoms with van der Waals surface area (Å²) in [7, 11) is 0. The SMILES string of the molecule is C[C@H]1CCCC[C@@H]1NC(=O)NC(=O)COC(=O)c1ccc(O)cc1. The Balaban J connectivity index is 1.73. The number of phenolic OH excluding ortho intramolecular Hbond substituents is 1. The zero-order valence-electron chi connectivity index (χ0n) is 13.6. The summed E-state index contributed by atoms with van der Waals surface area (Å²) < 4.78 is 4.83. The number of nitrogens with one attached hydrogen (secondary N) is 2. The van der Waals surface area contributed by atoms with Crippen LogP contribution in [0.15, 0.2) is 24.3 Å². The summed E-state index contributed by atoms with van der Waals surface area (Å²) in [4.78, 5) is 35.2. The van der Waals surface area contributed by atoms with E-state index in [0.717, 1.165) is 25.7 Å². The molecule has 7 nitrogen and oxygen atoms in total. The summed E-state index contributed by atoms with van der Waals surface area (Å²) in [6.07, 6.45) is 4.18. The van der Waals surface area contributed by atoms with E-state index in [2.05, 4.69) is 17.6 Å². The van der Waals surface area contributed by atoms with Gasteiger partial charge in [-0.25, -0.2) is 9.59 Å². The zero-order chi connectivity index (χ0) is 17.5. The van der Waals surface area contributed by atoms with Gasteiger partial charge in [0.15, 0.2) is 6.61 Å². The van der Waals surface area contributed by atoms with E-state index in [4.69, 9.17) is 9.84 Å². The minimum atomic E-state index is -0.702. The number of hydrogen-bond acceptors (Lipinski definition) is 5. The number of urea groups is 1. The highest BCUT2D eigenvalue weighted by Crippen LogP contribution is 2.23. The highest BCUT2D eigenvalue weighted by molar-refractivity contribution is 5.97. The van der Waals surface area contributed by atoms with E-state index < -0.39 is 24.5 Å². The molecule has 1 aliphatic carbocycles. The van der Waals surface area contributed by atoms with E-state index in [0.29, 0.717) is 5.92 Å². The summed E-state index contributed by atoms with van der Waals surface area (Å²) in [6, 6.07) is 4.94. The lowest BCUT2D eigenvalue weighted by Crippen LogP contribution is -2.48. The van der Waals surface area contributed by atoms with Gasteiger partial charge in [-0.1, -0.05) is 19.8 Å². The van der Waals surface area contributed by atoms with Gasteiger partial charge in [0.25, 0.3) is 5.91 Å². The Morgan fingerprint density at radius 1 is 1.17 bits per heavy atom. The van der Waals surface area contributed by atoms with Crippen LogP contribution in [0, 0.1) is 5.92 Å². The molecule has 2 rings (SSSR count). The predicted octanol–water partition coefficient (Wildman–Crippen LogP) is 1.95. The van der Waals surface area contributed by atoms with Crippen molar-refractivity contribution in [2.75, 3.05) is 6.61 Å². The lowest BCUT2D eigenvalue weighted by molar-refractivity contribution is -0.123. The van der Waals surface area contributed by atoms with Crippen LogP contribution in [0.2, 0.25) is 0 Å². The first-order chi connectivity index (χ1) is 11.5. The Morgan fingerprint density at radius 3 is 2.50 bits per heavy atom. The van der Waals surface area contributed by atoms with Gasteiger partial charge in [0.2, 0.25) is 0 Å². The van der Waals surface area contributed by atoms with Gasteiger partial charge in [-0.15, -0.1) is 0 Å². The van der Waals surface area contributed by atoms with Crippen LogP contribution in [-0.4, -0.2) is 35.7 Å². The number of ether oxygens (including phenoxy) is 1. The van der Waals surface area contributed by atoms with Gasteiger partial charge < -0.3 is 15.2 Å². The Labute approximate surface area is 140 Å². The number of phenols is 1. The minimum absolute atomic E-state index is 0.0258. The second kappa shape index (κ2) is 8.33. The van der Waals surface area contributed by atoms with Gasteiger partial charge in [0.05, 0.1) is 5.56 Å². The molecule has 0 radical (unpaired) electrons. The molecule has 130 valence electrons. The molecule has 0 aliphatic heterocycles. The van der Waals surface area contributed by atoms with E-state index in [-0.39, 0.29) is 17.4 Å². The Morgan fingerprint density at radius 2 is 1.83 bits per heavy atom. The van der Waals surface area contributed by atoms with E-state index in [1.54, 1.807) is 0 Å². The maximum atomic E-state index is 11.8. The molecule has 3 N–H and O–H groups in total. The molecule has 1 saturated carbocycles. The van der Waals surface area contributed by atoms with Crippen LogP contribution < -0.4 is 10.6 Å². The molecule has 1 aromatic rings. The molecule has 0 heterocycles. The Kier molecular flexibility index (Phi) is 6.17. The Hall–Kier alpha value is -2.57. The van der Waals surface area contributed by atoms with Gasteiger partial charge in [-0.05, 0) is 43.0 Å². The average Bonchev–Trinajstić information content (AvgIpc) is 2.55. The van der Waals surface area contributed by atoms with Crippen molar-refractivity contribution in [2.24, 2.45) is 5.92 Å². The van der Waals surface area contributed by atoms with Crippen molar-refractivity contribution in [3.63, 3.8) is 0 Å². The molecule has 0 bridgehead atoms. The quantitative estimate of drug-likeness (QED) is 0.730. The molecule has 2 atom stereocenters. The molecule has 1 aromatic carbocycles. The van der Waals surface area contributed by atoms with Crippen molar-refractivity contribution in [3.8, 4) is 5.75 Å². The zero-order valence-corrected chi connectivity index (χ0v) is 13.6. The van der Waals surface area contributed by atoms with Crippen molar-refractivity contribution in [3.05, 3.63) is 29.8 Å². The first-order valence-electron chi connectivity index (χ1n) is 8.02. The predicted molar refractivity (Wildman–Crippen MR) is 86.5 cm³/mol. The van der Waals surface area contributed by atoms with E-state index >= 15 is 0 Å². The molecule has 0 spiro atoms. The van der Waals surface area contributed by atoms with Crippen molar-refractivity contribution in [1.82, 2.24) is 10.6 Å². The van der Waals surface area contributed by atoms with Gasteiger partial charge in [-0.2, -0.15) is 0 Å². The fourth-order valence-electron chi connectivity index (χ4n) is 2.71. The fourth-order valence-corrected chi connectivity index (χ4v) is 2.71. The van der Waals surface area contributed by atoms with Crippen molar-refractivity contribution < 1.29 is 24.2 Å². The highest BCUT2D eigenvalue weighted by atomic mass is 16.5. The molecule has 0 saturated heterocycles. The second-order valence-corrected chi connectivity index (χ2v) is 6.01. The number of rotatable bonds is 4. The van der Waals surface area contributed by atoms with E-state index in [1.165, 1.54) is 24.3 Å². The summed E-state index contributed by atoms with van der Waals surface area (Å²) >= 11 is 0. The van der Waals surface area contributed by atoms with Gasteiger partial charge >= 0.3 is 12.0 Å². The fraction of sp³-hybridized carbons (Fsp3) is 0.471. The second-order valence-electron chi connectivity index (χ2n) is 6.01. The number of hydrogen-bond donors (Lipinski definition) is 3. The van der Waals surface area contributed by atoms with Crippen molar-refractivity contribution in [2.45, 2.75) is 38.6 Å². The summed E-state index contributed by atoms with van der Waals surface area (Å²) in [5.41, 5.74) is 0.209. The van der Waals surface area contributed by atoms with Crippen LogP contribution in [0.1, 0.15) is 43.0 Å². The molecule has 3 amide bonds. The van der Waals surface area contributed by atoms with Crippen LogP contribution >= 0.6 is 0 Å². The van der Waals surface area contributed by atoms with Crippen molar-refractivity contribution in [1.29, 1.82) is 0 Å². The molecule has 24 heavy (non-hydrogen) atoms. The summed E-state index contributed by atoms with van der Waals surface area (Å²) in [6.45, 7) is 1.53. The Bertz CT molecular complexity index is 600. The number of amides is 3. The molecule has 7 heteroatoms. The third-order valence-corrected chi connectivity index (χ3v) is 4.12. The van der Waals surface area contributed by atoms with Crippen LogP contribution in [0.5, 0.6) is 5.75 Å². The van der Waals surface area contributed by atoms with Gasteiger partial charge in [-0.3, -0.25) is 10.1 Å². The molecule has 0 unspecified atom stereocenters. The minimum Gasteiger partial charge on any atom is -0.508 e. The molecule has 1 fully saturated rings. The normalized spacial score (nSPS) is 20.0. The number of benzene rings is 1. The molecular formula is C17H22N2O5. The lowest BCUT2D eigenvalue weighted by atomic mass is 9.86. The number of imide groups is 1. The third kappa shape index (κ3) is 5.26. The maximum absolute atomic E-state index is 11.8. The number of esters is 1. The third-order valence-electron chi connectivity index (χ3n) is 4.12. The van der Waals surface area contributed by atoms with Crippen LogP contribution in [-0.2, 0) is 9.53 Å². The standard InChI is InChI=1S/C17H22N2O5/c1-11-4-2-3-5-14(11)18-17(23)19-15(21)10-24-16(22)12-6-8-13(20)9-7-12/h6-9,11,14,20H,2-5,10H2,1H3,(H2,18,19,21,23)/t11-,14-/m0/s1. The topological polar surface area (TPSA) is 105 Å². The highest BCUT2D eigenvalue weighted by Gasteiger charge is 2.23. The number of carbonyl (C=O) groups excluding carboxylic acids is 3. The smallest absolute Gasteiger partial charge is 0.338 e. The van der Waals surface area contributed by atoms with Gasteiger partial charge in [0.1, 0.15) is 5.75 Å². The molecule has 0 aromatic heterocycles. The van der Waals surface area contributed by atoms with E-state index in [9.17, 15) is 14.4 Å². The van der Waals surface area contributed by atoms with Crippen LogP contribution in [0.4, 0.5) is 4.79 Å². The average molecular weight is 334 g/mol. The van der Waals surface area contributed by atoms with Gasteiger partial charge in [0, 0.05) is 6.04 Å². The molecular weight excluding hydrogens is 312 g/mol. The number of aromatic hydroxyl groups is 1. The summed E-state index contributed by atoms with van der Waals surface area (Å²) in [5.74, 6) is -0.987. The first-order valence-corrected chi connectivity index (χ1v) is 8.02. The lowest BCUT2D eigenvalue weighted by Gasteiger charge is -2.29. The summed E-state index contributed by atoms with van der Waals surface area (Å²) in [5, 5.41) is 14.1. The largest absolute Gasteiger partial charge is 0.508 e. The monoisotopic (exact) mass is 334 g/mol. The molecule has 1 aliphatic rings. The van der Waals surface area contributed by atoms with Crippen molar-refractivity contribution >= 4 is 17.9 Å². The first kappa shape index (κ1) is 17.8. The number of carbonyl (C=O) groups is 3. The van der Waals surface area contributed by atoms with E-state index in [1.807, 2.05) is 0 Å².